The number of hydrogen-bond acceptors (Lipinski definition) is 3. The molecule has 0 saturated carbocycles. The summed E-state index contributed by atoms with van der Waals surface area (Å²) in [5.41, 5.74) is 0.939. The first-order chi connectivity index (χ1) is 8.00. The zero-order chi connectivity index (χ0) is 12.9. The molecular weight excluding hydrogens is 348 g/mol. The van der Waals surface area contributed by atoms with Gasteiger partial charge in [-0.2, -0.15) is 0 Å². The van der Waals surface area contributed by atoms with Crippen LogP contribution in [0.5, 0.6) is 0 Å². The van der Waals surface area contributed by atoms with Crippen molar-refractivity contribution in [1.82, 2.24) is 10.3 Å². The second-order valence-electron chi connectivity index (χ2n) is 4.32. The molecule has 1 heterocycles. The topological polar surface area (TPSA) is 45.1 Å². The number of rotatable bonds is 6. The Bertz CT molecular complexity index is 374. The molecule has 1 aromatic heterocycles. The van der Waals surface area contributed by atoms with Gasteiger partial charge in [-0.1, -0.05) is 6.92 Å². The molecule has 1 atom stereocenters. The summed E-state index contributed by atoms with van der Waals surface area (Å²) in [4.78, 5) is 4.36. The largest absolute Gasteiger partial charge is 0.396 e. The number of halogens is 2. The standard InChI is InChI=1S/C12H18Br2N2O/c1-3-12(2,4-5-17)16-8-11-10(14)6-9(13)7-15-11/h6-7,16-17H,3-5,8H2,1-2H3. The quantitative estimate of drug-likeness (QED) is 0.813. The summed E-state index contributed by atoms with van der Waals surface area (Å²) in [6.45, 7) is 5.13. The first kappa shape index (κ1) is 15.1. The SMILES string of the molecule is CCC(C)(CCO)NCc1ncc(Br)cc1Br. The van der Waals surface area contributed by atoms with Crippen molar-refractivity contribution in [1.29, 1.82) is 0 Å². The van der Waals surface area contributed by atoms with Crippen LogP contribution in [0.4, 0.5) is 0 Å². The highest BCUT2D eigenvalue weighted by molar-refractivity contribution is 9.11. The lowest BCUT2D eigenvalue weighted by atomic mass is 9.95. The fraction of sp³-hybridized carbons (Fsp3) is 0.583. The van der Waals surface area contributed by atoms with Crippen molar-refractivity contribution in [2.75, 3.05) is 6.61 Å². The number of aliphatic hydroxyl groups is 1. The van der Waals surface area contributed by atoms with Crippen molar-refractivity contribution in [3.63, 3.8) is 0 Å². The highest BCUT2D eigenvalue weighted by atomic mass is 79.9. The van der Waals surface area contributed by atoms with Gasteiger partial charge in [0.05, 0.1) is 5.69 Å². The smallest absolute Gasteiger partial charge is 0.0684 e. The molecule has 0 spiro atoms. The van der Waals surface area contributed by atoms with E-state index in [2.05, 4.69) is 56.0 Å². The monoisotopic (exact) mass is 364 g/mol. The van der Waals surface area contributed by atoms with E-state index < -0.39 is 0 Å². The van der Waals surface area contributed by atoms with E-state index in [-0.39, 0.29) is 12.1 Å². The molecule has 1 aromatic rings. The van der Waals surface area contributed by atoms with Gasteiger partial charge < -0.3 is 10.4 Å². The summed E-state index contributed by atoms with van der Waals surface area (Å²) in [6, 6.07) is 1.99. The fourth-order valence-corrected chi connectivity index (χ4v) is 2.63. The third-order valence-corrected chi connectivity index (χ3v) is 4.13. The molecule has 2 N–H and O–H groups in total. The summed E-state index contributed by atoms with van der Waals surface area (Å²) < 4.78 is 1.95. The van der Waals surface area contributed by atoms with E-state index >= 15 is 0 Å². The molecule has 0 amide bonds. The van der Waals surface area contributed by atoms with Gasteiger partial charge in [-0.25, -0.2) is 0 Å². The molecule has 0 fully saturated rings. The van der Waals surface area contributed by atoms with Crippen LogP contribution in [0.1, 0.15) is 32.4 Å². The van der Waals surface area contributed by atoms with Gasteiger partial charge in [-0.05, 0) is 57.7 Å². The Hall–Kier alpha value is 0.0300. The van der Waals surface area contributed by atoms with E-state index in [1.54, 1.807) is 6.20 Å². The minimum absolute atomic E-state index is 0.0387. The van der Waals surface area contributed by atoms with E-state index in [4.69, 9.17) is 5.11 Å². The Labute approximate surface area is 119 Å². The van der Waals surface area contributed by atoms with Crippen molar-refractivity contribution in [3.8, 4) is 0 Å². The molecule has 0 bridgehead atoms. The average molecular weight is 366 g/mol. The molecule has 1 rings (SSSR count). The van der Waals surface area contributed by atoms with Crippen LogP contribution in [-0.4, -0.2) is 22.2 Å². The van der Waals surface area contributed by atoms with Crippen LogP contribution >= 0.6 is 31.9 Å². The van der Waals surface area contributed by atoms with Gasteiger partial charge in [0.25, 0.3) is 0 Å². The van der Waals surface area contributed by atoms with Gasteiger partial charge >= 0.3 is 0 Å². The third kappa shape index (κ3) is 4.66. The molecule has 0 aliphatic heterocycles. The van der Waals surface area contributed by atoms with Crippen molar-refractivity contribution < 1.29 is 5.11 Å². The fourth-order valence-electron chi connectivity index (χ4n) is 1.51. The maximum Gasteiger partial charge on any atom is 0.0684 e. The summed E-state index contributed by atoms with van der Waals surface area (Å²) in [6.07, 6.45) is 3.51. The van der Waals surface area contributed by atoms with Gasteiger partial charge in [0.15, 0.2) is 0 Å². The highest BCUT2D eigenvalue weighted by Crippen LogP contribution is 2.21. The molecule has 0 aliphatic carbocycles. The molecule has 0 aliphatic rings. The minimum atomic E-state index is -0.0387. The molecule has 3 nitrogen and oxygen atoms in total. The summed E-state index contributed by atoms with van der Waals surface area (Å²) >= 11 is 6.87. The molecule has 17 heavy (non-hydrogen) atoms. The summed E-state index contributed by atoms with van der Waals surface area (Å²) in [5, 5.41) is 12.5. The number of pyridine rings is 1. The van der Waals surface area contributed by atoms with Gasteiger partial charge in [0.2, 0.25) is 0 Å². The van der Waals surface area contributed by atoms with Crippen LogP contribution < -0.4 is 5.32 Å². The first-order valence-electron chi connectivity index (χ1n) is 5.66. The summed E-state index contributed by atoms with van der Waals surface area (Å²) in [7, 11) is 0. The van der Waals surface area contributed by atoms with Crippen LogP contribution in [0, 0.1) is 0 Å². The Morgan fingerprint density at radius 1 is 1.47 bits per heavy atom. The van der Waals surface area contributed by atoms with Crippen LogP contribution in [0.15, 0.2) is 21.2 Å². The van der Waals surface area contributed by atoms with E-state index in [1.807, 2.05) is 6.07 Å². The van der Waals surface area contributed by atoms with Crippen LogP contribution in [0.3, 0.4) is 0 Å². The zero-order valence-corrected chi connectivity index (χ0v) is 13.3. The number of nitrogens with zero attached hydrogens (tertiary/aromatic N) is 1. The van der Waals surface area contributed by atoms with E-state index in [0.29, 0.717) is 6.54 Å². The lowest BCUT2D eigenvalue weighted by molar-refractivity contribution is 0.214. The average Bonchev–Trinajstić information content (AvgIpc) is 2.28. The van der Waals surface area contributed by atoms with Crippen molar-refractivity contribution in [2.24, 2.45) is 0 Å². The molecular formula is C12H18Br2N2O. The maximum absolute atomic E-state index is 9.05. The molecule has 96 valence electrons. The van der Waals surface area contributed by atoms with Crippen LogP contribution in [-0.2, 0) is 6.54 Å². The number of aromatic nitrogens is 1. The highest BCUT2D eigenvalue weighted by Gasteiger charge is 2.20. The van der Waals surface area contributed by atoms with Crippen LogP contribution in [0.25, 0.3) is 0 Å². The van der Waals surface area contributed by atoms with Gasteiger partial charge in [-0.15, -0.1) is 0 Å². The predicted octanol–water partition coefficient (Wildman–Crippen LogP) is 3.25. The van der Waals surface area contributed by atoms with E-state index in [9.17, 15) is 0 Å². The Balaban J connectivity index is 2.65. The molecule has 1 unspecified atom stereocenters. The molecule has 0 saturated heterocycles. The summed E-state index contributed by atoms with van der Waals surface area (Å²) in [5.74, 6) is 0. The lowest BCUT2D eigenvalue weighted by Crippen LogP contribution is -2.42. The predicted molar refractivity (Wildman–Crippen MR) is 76.9 cm³/mol. The zero-order valence-electron chi connectivity index (χ0n) is 10.1. The number of hydrogen-bond donors (Lipinski definition) is 2. The Morgan fingerprint density at radius 3 is 2.71 bits per heavy atom. The first-order valence-corrected chi connectivity index (χ1v) is 7.25. The lowest BCUT2D eigenvalue weighted by Gasteiger charge is -2.29. The Morgan fingerprint density at radius 2 is 2.18 bits per heavy atom. The molecule has 0 aromatic carbocycles. The van der Waals surface area contributed by atoms with E-state index in [0.717, 1.165) is 27.5 Å². The molecule has 5 heteroatoms. The second-order valence-corrected chi connectivity index (χ2v) is 6.09. The van der Waals surface area contributed by atoms with Gasteiger partial charge in [0, 0.05) is 33.8 Å². The van der Waals surface area contributed by atoms with Crippen molar-refractivity contribution in [2.45, 2.75) is 38.8 Å². The van der Waals surface area contributed by atoms with Gasteiger partial charge in [0.1, 0.15) is 0 Å². The second kappa shape index (κ2) is 6.83. The van der Waals surface area contributed by atoms with Gasteiger partial charge in [-0.3, -0.25) is 4.98 Å². The van der Waals surface area contributed by atoms with Crippen molar-refractivity contribution >= 4 is 31.9 Å². The number of aliphatic hydroxyl groups excluding tert-OH is 1. The third-order valence-electron chi connectivity index (χ3n) is 3.01. The number of nitrogens with one attached hydrogen (secondary N) is 1. The van der Waals surface area contributed by atoms with E-state index in [1.165, 1.54) is 0 Å². The minimum Gasteiger partial charge on any atom is -0.396 e. The Kier molecular flexibility index (Phi) is 6.06. The maximum atomic E-state index is 9.05. The molecule has 0 radical (unpaired) electrons. The van der Waals surface area contributed by atoms with Crippen LogP contribution in [0.2, 0.25) is 0 Å². The van der Waals surface area contributed by atoms with Crippen molar-refractivity contribution in [3.05, 3.63) is 26.9 Å². The normalized spacial score (nSPS) is 14.6.